The highest BCUT2D eigenvalue weighted by atomic mass is 16.5. The van der Waals surface area contributed by atoms with Crippen LogP contribution in [0, 0.1) is 0 Å². The van der Waals surface area contributed by atoms with Gasteiger partial charge in [0, 0.05) is 6.07 Å². The predicted molar refractivity (Wildman–Crippen MR) is 159 cm³/mol. The molecule has 0 N–H and O–H groups in total. The Labute approximate surface area is 235 Å². The average molecular weight is 543 g/mol. The summed E-state index contributed by atoms with van der Waals surface area (Å²) in [7, 11) is 3.06. The molecule has 3 heterocycles. The van der Waals surface area contributed by atoms with Crippen molar-refractivity contribution in [1.29, 1.82) is 0 Å². The number of methoxy groups -OCH3 is 2. The van der Waals surface area contributed by atoms with Gasteiger partial charge in [0.15, 0.2) is 16.6 Å². The third kappa shape index (κ3) is 3.97. The molecular weight excluding hydrogens is 516 g/mol. The number of hydrazone groups is 1. The number of anilines is 1. The van der Waals surface area contributed by atoms with Crippen LogP contribution < -0.4 is 19.9 Å². The molecule has 0 saturated heterocycles. The Balaban J connectivity index is 1.53. The fourth-order valence-corrected chi connectivity index (χ4v) is 5.79. The van der Waals surface area contributed by atoms with Crippen LogP contribution in [0.3, 0.4) is 0 Å². The minimum Gasteiger partial charge on any atom is -0.495 e. The predicted octanol–water partition coefficient (Wildman–Crippen LogP) is 7.31. The number of nitrogens with zero attached hydrogens (tertiary/aromatic N) is 2. The second-order valence-corrected chi connectivity index (χ2v) is 9.81. The number of fused-ring (bicyclic) bond motifs is 2. The molecule has 7 rings (SSSR count). The molecule has 0 bridgehead atoms. The smallest absolute Gasteiger partial charge is 0.206 e. The maximum Gasteiger partial charge on any atom is 0.206 e. The molecule has 0 aliphatic carbocycles. The van der Waals surface area contributed by atoms with Crippen LogP contribution in [0.15, 0.2) is 128 Å². The zero-order valence-corrected chi connectivity index (χ0v) is 22.5. The number of furan rings is 1. The van der Waals surface area contributed by atoms with Gasteiger partial charge in [-0.3, -0.25) is 9.80 Å². The molecule has 0 fully saturated rings. The van der Waals surface area contributed by atoms with Gasteiger partial charge in [-0.15, -0.1) is 0 Å². The minimum absolute atomic E-state index is 0.239. The van der Waals surface area contributed by atoms with E-state index in [2.05, 4.69) is 12.1 Å². The minimum atomic E-state index is -0.430. The molecule has 0 saturated carbocycles. The fraction of sp³-hybridized carbons (Fsp3) is 0.118. The van der Waals surface area contributed by atoms with Crippen molar-refractivity contribution >= 4 is 33.3 Å². The molecule has 4 aromatic carbocycles. The van der Waals surface area contributed by atoms with Crippen LogP contribution in [0.5, 0.6) is 11.5 Å². The number of hydrogen-bond donors (Lipinski definition) is 0. The van der Waals surface area contributed by atoms with Crippen LogP contribution in [0.2, 0.25) is 0 Å². The molecule has 202 valence electrons. The van der Waals surface area contributed by atoms with Crippen molar-refractivity contribution in [2.24, 2.45) is 5.10 Å². The van der Waals surface area contributed by atoms with Crippen LogP contribution in [0.1, 0.15) is 28.8 Å². The average Bonchev–Trinajstić information content (AvgIpc) is 3.67. The highest BCUT2D eigenvalue weighted by Gasteiger charge is 2.43. The number of hydrogen-bond acceptors (Lipinski definition) is 7. The lowest BCUT2D eigenvalue weighted by Crippen LogP contribution is -2.25. The number of para-hydroxylation sites is 1. The standard InChI is InChI=1S/C34H26N2O5/c1-38-31-24-18-19-40-32(24)34(39-2)33-27(31)25(37)20-26(41-33)28-29(21-12-6-3-7-13-21)35-36(23-16-10-5-11-17-23)30(28)22-14-8-4-9-15-22/h3-20,28,30H,1-2H3. The first-order valence-electron chi connectivity index (χ1n) is 13.3. The summed E-state index contributed by atoms with van der Waals surface area (Å²) in [5.41, 5.74) is 4.16. The summed E-state index contributed by atoms with van der Waals surface area (Å²) in [6.45, 7) is 0. The largest absolute Gasteiger partial charge is 0.495 e. The summed E-state index contributed by atoms with van der Waals surface area (Å²) >= 11 is 0. The molecular formula is C34H26N2O5. The maximum atomic E-state index is 13.9. The van der Waals surface area contributed by atoms with Gasteiger partial charge >= 0.3 is 0 Å². The summed E-state index contributed by atoms with van der Waals surface area (Å²) in [5, 5.41) is 8.14. The summed E-state index contributed by atoms with van der Waals surface area (Å²) in [6, 6.07) is 33.2. The molecule has 0 radical (unpaired) electrons. The third-order valence-corrected chi connectivity index (χ3v) is 7.55. The SMILES string of the molecule is COc1c2occc2c(OC)c2c(=O)cc(C3C(c4ccccc4)=NN(c4ccccc4)C3c3ccccc3)oc12. The molecule has 0 spiro atoms. The first kappa shape index (κ1) is 24.7. The number of rotatable bonds is 6. The molecule has 2 atom stereocenters. The van der Waals surface area contributed by atoms with Gasteiger partial charge in [0.2, 0.25) is 5.75 Å². The molecule has 6 aromatic rings. The van der Waals surface area contributed by atoms with Gasteiger partial charge in [-0.2, -0.15) is 5.10 Å². The van der Waals surface area contributed by atoms with Gasteiger partial charge in [0.05, 0.1) is 49.2 Å². The summed E-state index contributed by atoms with van der Waals surface area (Å²) in [5.74, 6) is 0.759. The van der Waals surface area contributed by atoms with E-state index in [0.29, 0.717) is 33.6 Å². The second-order valence-electron chi connectivity index (χ2n) is 9.81. The lowest BCUT2D eigenvalue weighted by molar-refractivity contribution is 0.395. The van der Waals surface area contributed by atoms with Gasteiger partial charge in [0.1, 0.15) is 16.9 Å². The lowest BCUT2D eigenvalue weighted by atomic mass is 9.84. The maximum absolute atomic E-state index is 13.9. The summed E-state index contributed by atoms with van der Waals surface area (Å²) in [4.78, 5) is 13.9. The van der Waals surface area contributed by atoms with Crippen molar-refractivity contribution in [3.63, 3.8) is 0 Å². The molecule has 1 aliphatic rings. The number of benzene rings is 4. The molecule has 1 aliphatic heterocycles. The zero-order chi connectivity index (χ0) is 27.9. The molecule has 0 amide bonds. The summed E-state index contributed by atoms with van der Waals surface area (Å²) in [6.07, 6.45) is 1.54. The van der Waals surface area contributed by atoms with Gasteiger partial charge in [-0.05, 0) is 29.3 Å². The van der Waals surface area contributed by atoms with Crippen LogP contribution in [0.25, 0.3) is 21.9 Å². The van der Waals surface area contributed by atoms with E-state index in [9.17, 15) is 4.79 Å². The quantitative estimate of drug-likeness (QED) is 0.220. The Bertz CT molecular complexity index is 1950. The van der Waals surface area contributed by atoms with Crippen molar-refractivity contribution in [2.75, 3.05) is 19.2 Å². The normalized spacial score (nSPS) is 16.7. The monoisotopic (exact) mass is 542 g/mol. The fourth-order valence-electron chi connectivity index (χ4n) is 5.79. The van der Waals surface area contributed by atoms with E-state index in [1.807, 2.05) is 83.9 Å². The Kier molecular flexibility index (Phi) is 6.04. The first-order valence-corrected chi connectivity index (χ1v) is 13.3. The highest BCUT2D eigenvalue weighted by Crippen LogP contribution is 2.48. The Morgan fingerprint density at radius 3 is 2.12 bits per heavy atom. The van der Waals surface area contributed by atoms with E-state index < -0.39 is 5.92 Å². The lowest BCUT2D eigenvalue weighted by Gasteiger charge is -2.28. The van der Waals surface area contributed by atoms with E-state index in [1.54, 1.807) is 18.4 Å². The van der Waals surface area contributed by atoms with Crippen molar-refractivity contribution in [2.45, 2.75) is 12.0 Å². The van der Waals surface area contributed by atoms with Crippen LogP contribution in [0.4, 0.5) is 5.69 Å². The molecule has 2 aromatic heterocycles. The van der Waals surface area contributed by atoms with Crippen LogP contribution in [-0.4, -0.2) is 19.9 Å². The van der Waals surface area contributed by atoms with Crippen LogP contribution in [-0.2, 0) is 0 Å². The van der Waals surface area contributed by atoms with E-state index in [0.717, 1.165) is 22.5 Å². The van der Waals surface area contributed by atoms with E-state index in [-0.39, 0.29) is 17.1 Å². The van der Waals surface area contributed by atoms with Crippen molar-refractivity contribution < 1.29 is 18.3 Å². The van der Waals surface area contributed by atoms with Gasteiger partial charge in [0.25, 0.3) is 0 Å². The second kappa shape index (κ2) is 10.0. The molecule has 7 heteroatoms. The highest BCUT2D eigenvalue weighted by molar-refractivity contribution is 6.09. The van der Waals surface area contributed by atoms with Gasteiger partial charge < -0.3 is 18.3 Å². The van der Waals surface area contributed by atoms with E-state index >= 15 is 0 Å². The molecule has 7 nitrogen and oxygen atoms in total. The van der Waals surface area contributed by atoms with Crippen LogP contribution >= 0.6 is 0 Å². The van der Waals surface area contributed by atoms with Crippen molar-refractivity contribution in [1.82, 2.24) is 0 Å². The van der Waals surface area contributed by atoms with E-state index in [1.165, 1.54) is 14.2 Å². The van der Waals surface area contributed by atoms with Gasteiger partial charge in [-0.25, -0.2) is 0 Å². The first-order chi connectivity index (χ1) is 20.2. The topological polar surface area (TPSA) is 77.4 Å². The van der Waals surface area contributed by atoms with E-state index in [4.69, 9.17) is 23.4 Å². The van der Waals surface area contributed by atoms with Crippen molar-refractivity contribution in [3.8, 4) is 11.5 Å². The Morgan fingerprint density at radius 2 is 1.44 bits per heavy atom. The summed E-state index contributed by atoms with van der Waals surface area (Å²) < 4.78 is 23.9. The molecule has 41 heavy (non-hydrogen) atoms. The Hall–Kier alpha value is -5.30. The number of ether oxygens (including phenoxy) is 2. The van der Waals surface area contributed by atoms with Gasteiger partial charge in [-0.1, -0.05) is 78.9 Å². The zero-order valence-electron chi connectivity index (χ0n) is 22.5. The molecule has 2 unspecified atom stereocenters. The Morgan fingerprint density at radius 1 is 0.780 bits per heavy atom. The van der Waals surface area contributed by atoms with Crippen molar-refractivity contribution in [3.05, 3.63) is 137 Å². The third-order valence-electron chi connectivity index (χ3n) is 7.55.